The van der Waals surface area contributed by atoms with Crippen molar-refractivity contribution in [3.05, 3.63) is 41.0 Å². The molecule has 1 saturated carbocycles. The minimum atomic E-state index is -1.05. The summed E-state index contributed by atoms with van der Waals surface area (Å²) in [4.78, 5) is 18.8. The molecule has 1 aliphatic carbocycles. The molecule has 138 valence electrons. The Morgan fingerprint density at radius 3 is 2.81 bits per heavy atom. The van der Waals surface area contributed by atoms with Gasteiger partial charge in [0.25, 0.3) is 0 Å². The van der Waals surface area contributed by atoms with Crippen LogP contribution in [0.1, 0.15) is 31.4 Å². The number of halogens is 1. The van der Waals surface area contributed by atoms with E-state index in [2.05, 4.69) is 9.88 Å². The van der Waals surface area contributed by atoms with Gasteiger partial charge in [0.2, 0.25) is 0 Å². The largest absolute Gasteiger partial charge is 0.481 e. The maximum atomic E-state index is 12.0. The van der Waals surface area contributed by atoms with Crippen LogP contribution >= 0.6 is 11.6 Å². The summed E-state index contributed by atoms with van der Waals surface area (Å²) in [6.07, 6.45) is 2.45. The summed E-state index contributed by atoms with van der Waals surface area (Å²) < 4.78 is 0. The molecule has 0 unspecified atom stereocenters. The second-order valence-corrected chi connectivity index (χ2v) is 8.20. The first kappa shape index (κ1) is 17.7. The van der Waals surface area contributed by atoms with Gasteiger partial charge in [0.15, 0.2) is 0 Å². The van der Waals surface area contributed by atoms with Gasteiger partial charge in [0.05, 0.1) is 17.3 Å². The predicted molar refractivity (Wildman–Crippen MR) is 100 cm³/mol. The third-order valence-electron chi connectivity index (χ3n) is 5.73. The van der Waals surface area contributed by atoms with E-state index in [-0.39, 0.29) is 0 Å². The molecular formula is C20H23ClN2O3. The summed E-state index contributed by atoms with van der Waals surface area (Å²) in [6, 6.07) is 9.57. The standard InChI is InChI=1S/C20H23ClN2O3/c21-15-4-6-17-14(9-15)3-5-16(22-17)11-23-8-7-18(24)20(12-23,19(25)26)10-13-1-2-13/h3-6,9,13,18,24H,1-2,7-8,10-12H2,(H,25,26)/t18-,20+/m0/s1. The molecule has 2 atom stereocenters. The van der Waals surface area contributed by atoms with Crippen LogP contribution < -0.4 is 0 Å². The lowest BCUT2D eigenvalue weighted by Gasteiger charge is -2.43. The van der Waals surface area contributed by atoms with Crippen molar-refractivity contribution in [3.8, 4) is 0 Å². The van der Waals surface area contributed by atoms with Crippen LogP contribution in [0.2, 0.25) is 5.02 Å². The van der Waals surface area contributed by atoms with Crippen molar-refractivity contribution in [2.24, 2.45) is 11.3 Å². The second kappa shape index (κ2) is 6.80. The van der Waals surface area contributed by atoms with Crippen LogP contribution in [0.3, 0.4) is 0 Å². The maximum absolute atomic E-state index is 12.0. The maximum Gasteiger partial charge on any atom is 0.313 e. The smallest absolute Gasteiger partial charge is 0.313 e. The summed E-state index contributed by atoms with van der Waals surface area (Å²) in [6.45, 7) is 1.65. The van der Waals surface area contributed by atoms with Gasteiger partial charge in [0, 0.05) is 30.0 Å². The molecule has 1 aliphatic heterocycles. The fourth-order valence-corrected chi connectivity index (χ4v) is 4.27. The Kier molecular flexibility index (Phi) is 4.63. The van der Waals surface area contributed by atoms with E-state index in [1.165, 1.54) is 0 Å². The third kappa shape index (κ3) is 3.43. The van der Waals surface area contributed by atoms with E-state index in [1.807, 2.05) is 30.3 Å². The van der Waals surface area contributed by atoms with Crippen LogP contribution in [0, 0.1) is 11.3 Å². The van der Waals surface area contributed by atoms with E-state index in [1.54, 1.807) is 0 Å². The Morgan fingerprint density at radius 2 is 2.08 bits per heavy atom. The van der Waals surface area contributed by atoms with Gasteiger partial charge in [-0.2, -0.15) is 0 Å². The van der Waals surface area contributed by atoms with Gasteiger partial charge in [-0.05, 0) is 43.0 Å². The molecule has 4 rings (SSSR count). The highest BCUT2D eigenvalue weighted by atomic mass is 35.5. The van der Waals surface area contributed by atoms with Gasteiger partial charge in [0.1, 0.15) is 5.41 Å². The first-order chi connectivity index (χ1) is 12.5. The van der Waals surface area contributed by atoms with E-state index in [9.17, 15) is 15.0 Å². The zero-order valence-electron chi connectivity index (χ0n) is 14.6. The highest BCUT2D eigenvalue weighted by molar-refractivity contribution is 6.31. The first-order valence-electron chi connectivity index (χ1n) is 9.15. The van der Waals surface area contributed by atoms with Crippen molar-refractivity contribution in [3.63, 3.8) is 0 Å². The van der Waals surface area contributed by atoms with Gasteiger partial charge in [-0.15, -0.1) is 0 Å². The van der Waals surface area contributed by atoms with Crippen molar-refractivity contribution < 1.29 is 15.0 Å². The SMILES string of the molecule is O=C(O)[C@]1(CC2CC2)CN(Cc2ccc3cc(Cl)ccc3n2)CC[C@@H]1O. The zero-order chi connectivity index (χ0) is 18.3. The number of nitrogens with zero attached hydrogens (tertiary/aromatic N) is 2. The van der Waals surface area contributed by atoms with Crippen molar-refractivity contribution >= 4 is 28.5 Å². The average molecular weight is 375 g/mol. The van der Waals surface area contributed by atoms with E-state index >= 15 is 0 Å². The van der Waals surface area contributed by atoms with Crippen LogP contribution in [0.4, 0.5) is 0 Å². The molecule has 2 aliphatic rings. The Bertz CT molecular complexity index is 839. The molecule has 26 heavy (non-hydrogen) atoms. The molecule has 2 heterocycles. The van der Waals surface area contributed by atoms with Crippen LogP contribution in [0.25, 0.3) is 10.9 Å². The Labute approximate surface area is 157 Å². The van der Waals surface area contributed by atoms with E-state index in [0.717, 1.165) is 29.4 Å². The number of likely N-dealkylation sites (tertiary alicyclic amines) is 1. The van der Waals surface area contributed by atoms with Crippen molar-refractivity contribution in [1.29, 1.82) is 0 Å². The fourth-order valence-electron chi connectivity index (χ4n) is 4.09. The van der Waals surface area contributed by atoms with Gasteiger partial charge >= 0.3 is 5.97 Å². The van der Waals surface area contributed by atoms with Crippen LogP contribution in [0.5, 0.6) is 0 Å². The number of carboxylic acid groups (broad SMARTS) is 1. The molecule has 2 aromatic rings. The van der Waals surface area contributed by atoms with Gasteiger partial charge in [-0.25, -0.2) is 0 Å². The number of piperidine rings is 1. The molecular weight excluding hydrogens is 352 g/mol. The number of rotatable bonds is 5. The Hall–Kier alpha value is -1.69. The molecule has 1 aromatic carbocycles. The predicted octanol–water partition coefficient (Wildman–Crippen LogP) is 3.33. The number of carbonyl (C=O) groups is 1. The van der Waals surface area contributed by atoms with Crippen LogP contribution in [-0.4, -0.2) is 45.3 Å². The molecule has 2 N–H and O–H groups in total. The van der Waals surface area contributed by atoms with Gasteiger partial charge in [-0.3, -0.25) is 14.7 Å². The van der Waals surface area contributed by atoms with Crippen LogP contribution in [-0.2, 0) is 11.3 Å². The number of benzene rings is 1. The number of hydrogen-bond acceptors (Lipinski definition) is 4. The molecule has 0 bridgehead atoms. The zero-order valence-corrected chi connectivity index (χ0v) is 15.3. The summed E-state index contributed by atoms with van der Waals surface area (Å²) in [5.74, 6) is -0.424. The molecule has 0 spiro atoms. The number of carboxylic acids is 1. The number of hydrogen-bond donors (Lipinski definition) is 2. The lowest BCUT2D eigenvalue weighted by molar-refractivity contribution is -0.165. The van der Waals surface area contributed by atoms with Crippen molar-refractivity contribution in [2.75, 3.05) is 13.1 Å². The summed E-state index contributed by atoms with van der Waals surface area (Å²) in [5, 5.41) is 22.0. The minimum Gasteiger partial charge on any atom is -0.481 e. The average Bonchev–Trinajstić information content (AvgIpc) is 3.42. The minimum absolute atomic E-state index is 0.375. The molecule has 1 saturated heterocycles. The number of pyridine rings is 1. The molecule has 2 fully saturated rings. The molecule has 0 amide bonds. The Morgan fingerprint density at radius 1 is 1.27 bits per heavy atom. The topological polar surface area (TPSA) is 73.7 Å². The van der Waals surface area contributed by atoms with Gasteiger partial charge < -0.3 is 10.2 Å². The highest BCUT2D eigenvalue weighted by Gasteiger charge is 2.51. The number of aliphatic hydroxyl groups is 1. The molecule has 0 radical (unpaired) electrons. The molecule has 5 nitrogen and oxygen atoms in total. The van der Waals surface area contributed by atoms with E-state index < -0.39 is 17.5 Å². The molecule has 6 heteroatoms. The molecule has 1 aromatic heterocycles. The quantitative estimate of drug-likeness (QED) is 0.839. The summed E-state index contributed by atoms with van der Waals surface area (Å²) >= 11 is 6.02. The summed E-state index contributed by atoms with van der Waals surface area (Å²) in [5.41, 5.74) is 0.734. The lowest BCUT2D eigenvalue weighted by Crippen LogP contribution is -2.56. The summed E-state index contributed by atoms with van der Waals surface area (Å²) in [7, 11) is 0. The normalized spacial score (nSPS) is 26.9. The lowest BCUT2D eigenvalue weighted by atomic mass is 9.73. The number of aliphatic carboxylic acids is 1. The van der Waals surface area contributed by atoms with Gasteiger partial charge in [-0.1, -0.05) is 30.5 Å². The van der Waals surface area contributed by atoms with E-state index in [0.29, 0.717) is 43.4 Å². The number of fused-ring (bicyclic) bond motifs is 1. The first-order valence-corrected chi connectivity index (χ1v) is 9.53. The number of aromatic nitrogens is 1. The Balaban J connectivity index is 1.54. The van der Waals surface area contributed by atoms with Crippen LogP contribution in [0.15, 0.2) is 30.3 Å². The monoisotopic (exact) mass is 374 g/mol. The number of aliphatic hydroxyl groups excluding tert-OH is 1. The second-order valence-electron chi connectivity index (χ2n) is 7.76. The third-order valence-corrected chi connectivity index (χ3v) is 5.97. The highest BCUT2D eigenvalue weighted by Crippen LogP contribution is 2.45. The van der Waals surface area contributed by atoms with Crippen molar-refractivity contribution in [2.45, 2.75) is 38.3 Å². The van der Waals surface area contributed by atoms with E-state index in [4.69, 9.17) is 11.6 Å². The van der Waals surface area contributed by atoms with Crippen molar-refractivity contribution in [1.82, 2.24) is 9.88 Å². The fraction of sp³-hybridized carbons (Fsp3) is 0.500.